The minimum Gasteiger partial charge on any atom is -0.478 e. The Labute approximate surface area is 234 Å². The van der Waals surface area contributed by atoms with Crippen LogP contribution in [0.1, 0.15) is 22.3 Å². The number of benzene rings is 4. The summed E-state index contributed by atoms with van der Waals surface area (Å²) in [7, 11) is 0. The Morgan fingerprint density at radius 1 is 0.537 bits per heavy atom. The summed E-state index contributed by atoms with van der Waals surface area (Å²) < 4.78 is 10.9. The summed E-state index contributed by atoms with van der Waals surface area (Å²) in [6.45, 7) is 0. The van der Waals surface area contributed by atoms with Crippen LogP contribution in [-0.4, -0.2) is 34.1 Å². The molecule has 0 aliphatic heterocycles. The van der Waals surface area contributed by atoms with E-state index in [0.29, 0.717) is 12.2 Å². The normalized spacial score (nSPS) is 13.0. The van der Waals surface area contributed by atoms with Crippen molar-refractivity contribution in [1.29, 1.82) is 0 Å². The van der Waals surface area contributed by atoms with E-state index < -0.39 is 29.3 Å². The molecule has 0 spiro atoms. The Morgan fingerprint density at radius 2 is 0.951 bits per heavy atom. The predicted molar refractivity (Wildman–Crippen MR) is 149 cm³/mol. The zero-order chi connectivity index (χ0) is 29.0. The molecular formula is C33H22O8. The smallest absolute Gasteiger partial charge is 0.336 e. The van der Waals surface area contributed by atoms with Gasteiger partial charge < -0.3 is 19.7 Å². The maximum atomic E-state index is 12.3. The Bertz CT molecular complexity index is 1620. The summed E-state index contributed by atoms with van der Waals surface area (Å²) in [5.41, 5.74) is 4.47. The quantitative estimate of drug-likeness (QED) is 0.156. The molecular weight excluding hydrogens is 524 g/mol. The highest BCUT2D eigenvalue weighted by molar-refractivity contribution is 5.93. The van der Waals surface area contributed by atoms with Gasteiger partial charge in [0, 0.05) is 24.3 Å². The molecule has 8 nitrogen and oxygen atoms in total. The molecule has 0 heterocycles. The van der Waals surface area contributed by atoms with Crippen LogP contribution in [0.5, 0.6) is 11.5 Å². The first-order valence-electron chi connectivity index (χ1n) is 12.4. The molecule has 4 aromatic rings. The molecule has 0 saturated heterocycles. The van der Waals surface area contributed by atoms with Gasteiger partial charge in [0.1, 0.15) is 11.5 Å². The van der Waals surface area contributed by atoms with E-state index in [4.69, 9.17) is 19.7 Å². The number of carboxylic acids is 2. The van der Waals surface area contributed by atoms with Gasteiger partial charge in [0.05, 0.1) is 5.41 Å². The lowest BCUT2D eigenvalue weighted by Crippen LogP contribution is -2.28. The third-order valence-electron chi connectivity index (χ3n) is 6.65. The third kappa shape index (κ3) is 5.26. The van der Waals surface area contributed by atoms with Gasteiger partial charge in [0.15, 0.2) is 0 Å². The van der Waals surface area contributed by atoms with Gasteiger partial charge in [-0.15, -0.1) is 0 Å². The summed E-state index contributed by atoms with van der Waals surface area (Å²) in [6, 6.07) is 29.8. The number of aliphatic carboxylic acids is 2. The number of esters is 2. The van der Waals surface area contributed by atoms with Crippen LogP contribution in [0.4, 0.5) is 0 Å². The second kappa shape index (κ2) is 11.2. The van der Waals surface area contributed by atoms with E-state index in [2.05, 4.69) is 0 Å². The maximum Gasteiger partial charge on any atom is 0.336 e. The molecule has 0 aromatic heterocycles. The summed E-state index contributed by atoms with van der Waals surface area (Å²) in [4.78, 5) is 46.2. The minimum absolute atomic E-state index is 0.213. The molecule has 4 aromatic carbocycles. The van der Waals surface area contributed by atoms with Crippen molar-refractivity contribution in [3.63, 3.8) is 0 Å². The first-order valence-corrected chi connectivity index (χ1v) is 12.4. The maximum absolute atomic E-state index is 12.3. The Kier molecular flexibility index (Phi) is 7.30. The van der Waals surface area contributed by atoms with E-state index in [1.807, 2.05) is 60.7 Å². The van der Waals surface area contributed by atoms with E-state index >= 15 is 0 Å². The number of ether oxygens (including phenoxy) is 2. The number of carbonyl (C=O) groups is 4. The van der Waals surface area contributed by atoms with Crippen LogP contribution in [-0.2, 0) is 24.6 Å². The fraction of sp³-hybridized carbons (Fsp3) is 0.0303. The van der Waals surface area contributed by atoms with E-state index in [1.54, 1.807) is 36.4 Å². The predicted octanol–water partition coefficient (Wildman–Crippen LogP) is 5.14. The largest absolute Gasteiger partial charge is 0.478 e. The molecule has 0 fully saturated rings. The summed E-state index contributed by atoms with van der Waals surface area (Å²) in [5, 5.41) is 17.7. The average molecular weight is 547 g/mol. The third-order valence-corrected chi connectivity index (χ3v) is 6.65. The molecule has 0 unspecified atom stereocenters. The lowest BCUT2D eigenvalue weighted by molar-refractivity contribution is -0.133. The Morgan fingerprint density at radius 3 is 1.37 bits per heavy atom. The van der Waals surface area contributed by atoms with Crippen molar-refractivity contribution < 1.29 is 38.9 Å². The van der Waals surface area contributed by atoms with Crippen molar-refractivity contribution in [2.24, 2.45) is 0 Å². The van der Waals surface area contributed by atoms with Crippen LogP contribution in [0.2, 0.25) is 0 Å². The molecule has 202 valence electrons. The van der Waals surface area contributed by atoms with Crippen LogP contribution in [0.3, 0.4) is 0 Å². The van der Waals surface area contributed by atoms with E-state index in [-0.39, 0.29) is 11.5 Å². The number of hydrogen-bond donors (Lipinski definition) is 2. The van der Waals surface area contributed by atoms with Crippen LogP contribution in [0.15, 0.2) is 121 Å². The molecule has 0 atom stereocenters. The monoisotopic (exact) mass is 546 g/mol. The number of rotatable bonds is 8. The second-order valence-electron chi connectivity index (χ2n) is 9.08. The molecule has 0 radical (unpaired) electrons. The van der Waals surface area contributed by atoms with E-state index in [9.17, 15) is 19.2 Å². The highest BCUT2D eigenvalue weighted by atomic mass is 16.5. The number of carbonyl (C=O) groups excluding carboxylic acids is 2. The van der Waals surface area contributed by atoms with Gasteiger partial charge >= 0.3 is 23.9 Å². The highest BCUT2D eigenvalue weighted by Crippen LogP contribution is 2.56. The Hall–Kier alpha value is -5.76. The fourth-order valence-electron chi connectivity index (χ4n) is 5.19. The molecule has 2 N–H and O–H groups in total. The summed E-state index contributed by atoms with van der Waals surface area (Å²) in [6.07, 6.45) is 3.08. The van der Waals surface area contributed by atoms with Crippen LogP contribution in [0.25, 0.3) is 11.1 Å². The summed E-state index contributed by atoms with van der Waals surface area (Å²) >= 11 is 0. The molecule has 0 bridgehead atoms. The SMILES string of the molecule is O=C(O)C=CC(=O)Oc1cccc(C2(c3cccc(OC(=O)C=CC(=O)O)c3)c3ccccc3-c3ccccc32)c1. The van der Waals surface area contributed by atoms with Gasteiger partial charge in [-0.3, -0.25) is 0 Å². The molecule has 0 amide bonds. The van der Waals surface area contributed by atoms with Crippen molar-refractivity contribution in [3.05, 3.63) is 144 Å². The first kappa shape index (κ1) is 26.8. The van der Waals surface area contributed by atoms with Gasteiger partial charge in [0.2, 0.25) is 0 Å². The zero-order valence-corrected chi connectivity index (χ0v) is 21.4. The van der Waals surface area contributed by atoms with Crippen molar-refractivity contribution in [3.8, 4) is 22.6 Å². The van der Waals surface area contributed by atoms with Crippen LogP contribution >= 0.6 is 0 Å². The topological polar surface area (TPSA) is 127 Å². The van der Waals surface area contributed by atoms with Crippen LogP contribution in [0, 0.1) is 0 Å². The van der Waals surface area contributed by atoms with Gasteiger partial charge in [-0.1, -0.05) is 72.8 Å². The van der Waals surface area contributed by atoms with Gasteiger partial charge in [-0.2, -0.15) is 0 Å². The highest BCUT2D eigenvalue weighted by Gasteiger charge is 2.46. The first-order chi connectivity index (χ1) is 19.8. The lowest BCUT2D eigenvalue weighted by atomic mass is 9.67. The van der Waals surface area contributed by atoms with Crippen molar-refractivity contribution in [1.82, 2.24) is 0 Å². The molecule has 1 aliphatic rings. The zero-order valence-electron chi connectivity index (χ0n) is 21.4. The molecule has 8 heteroatoms. The number of hydrogen-bond acceptors (Lipinski definition) is 6. The van der Waals surface area contributed by atoms with E-state index in [1.165, 1.54) is 0 Å². The number of carboxylic acid groups (broad SMARTS) is 2. The lowest BCUT2D eigenvalue weighted by Gasteiger charge is -2.34. The molecule has 0 saturated carbocycles. The summed E-state index contributed by atoms with van der Waals surface area (Å²) in [5.74, 6) is -3.79. The van der Waals surface area contributed by atoms with Gasteiger partial charge in [0.25, 0.3) is 0 Å². The van der Waals surface area contributed by atoms with Crippen molar-refractivity contribution >= 4 is 23.9 Å². The minimum atomic E-state index is -1.27. The van der Waals surface area contributed by atoms with Crippen LogP contribution < -0.4 is 9.47 Å². The molecule has 41 heavy (non-hydrogen) atoms. The molecule has 5 rings (SSSR count). The van der Waals surface area contributed by atoms with Gasteiger partial charge in [-0.05, 0) is 57.6 Å². The average Bonchev–Trinajstić information content (AvgIpc) is 3.27. The number of fused-ring (bicyclic) bond motifs is 3. The fourth-order valence-corrected chi connectivity index (χ4v) is 5.19. The van der Waals surface area contributed by atoms with Crippen molar-refractivity contribution in [2.75, 3.05) is 0 Å². The van der Waals surface area contributed by atoms with Gasteiger partial charge in [-0.25, -0.2) is 19.2 Å². The van der Waals surface area contributed by atoms with E-state index in [0.717, 1.165) is 45.5 Å². The molecule has 1 aliphatic carbocycles. The standard InChI is InChI=1S/C33H22O8/c34-29(35)15-17-31(38)40-23-9-5-7-21(19-23)33(22-8-6-10-24(20-22)41-32(39)18-16-30(36)37)27-13-3-1-11-25(27)26-12-2-4-14-28(26)33/h1-20H,(H,34,35)(H,36,37). The second-order valence-corrected chi connectivity index (χ2v) is 9.08. The van der Waals surface area contributed by atoms with Crippen molar-refractivity contribution in [2.45, 2.75) is 5.41 Å². The Balaban J connectivity index is 1.69.